The zero-order valence-corrected chi connectivity index (χ0v) is 9.92. The molecular weight excluding hydrogens is 244 g/mol. The van der Waals surface area contributed by atoms with Gasteiger partial charge in [-0.1, -0.05) is 6.58 Å². The highest BCUT2D eigenvalue weighted by Gasteiger charge is 2.13. The molecule has 0 radical (unpaired) electrons. The van der Waals surface area contributed by atoms with E-state index in [0.29, 0.717) is 13.2 Å². The second kappa shape index (κ2) is 10.3. The summed E-state index contributed by atoms with van der Waals surface area (Å²) in [6.07, 6.45) is 0.690. The maximum atomic E-state index is 11.0. The van der Waals surface area contributed by atoms with Gasteiger partial charge in [-0.15, -0.1) is 0 Å². The van der Waals surface area contributed by atoms with Crippen molar-refractivity contribution in [3.8, 4) is 0 Å². The number of carbonyl (C=O) groups is 3. The molecule has 0 aromatic rings. The summed E-state index contributed by atoms with van der Waals surface area (Å²) in [5.74, 6) is -3.19. The zero-order valence-electron chi connectivity index (χ0n) is 9.92. The van der Waals surface area contributed by atoms with Crippen molar-refractivity contribution in [2.45, 2.75) is 12.8 Å². The molecule has 0 amide bonds. The molecule has 0 heterocycles. The van der Waals surface area contributed by atoms with Gasteiger partial charge in [0, 0.05) is 6.42 Å². The quantitative estimate of drug-likeness (QED) is 0.244. The van der Waals surface area contributed by atoms with Crippen LogP contribution in [0, 0.1) is 0 Å². The molecule has 7 heteroatoms. The normalized spacial score (nSPS) is 9.56. The number of carboxylic acids is 1. The Kier molecular flexibility index (Phi) is 9.20. The van der Waals surface area contributed by atoms with Crippen molar-refractivity contribution in [1.29, 1.82) is 0 Å². The molecule has 7 nitrogen and oxygen atoms in total. The van der Waals surface area contributed by atoms with E-state index >= 15 is 0 Å². The fraction of sp³-hybridized carbons (Fsp3) is 0.545. The number of Topliss-reactive ketones (excluding diaryl/α,β-unsaturated/α-hetero) is 1. The van der Waals surface area contributed by atoms with Crippen LogP contribution >= 0.6 is 0 Å². The van der Waals surface area contributed by atoms with Crippen LogP contribution in [0.1, 0.15) is 12.8 Å². The number of ketones is 1. The van der Waals surface area contributed by atoms with Crippen molar-refractivity contribution < 1.29 is 33.7 Å². The van der Waals surface area contributed by atoms with E-state index in [-0.39, 0.29) is 26.1 Å². The Morgan fingerprint density at radius 1 is 1.06 bits per heavy atom. The van der Waals surface area contributed by atoms with Gasteiger partial charge in [0.1, 0.15) is 13.2 Å². The smallest absolute Gasteiger partial charge is 0.372 e. The van der Waals surface area contributed by atoms with E-state index in [9.17, 15) is 14.4 Å². The van der Waals surface area contributed by atoms with Crippen LogP contribution in [0.15, 0.2) is 12.8 Å². The number of ether oxygens (including phenoxy) is 3. The first-order valence-electron chi connectivity index (χ1n) is 5.30. The largest absolute Gasteiger partial charge is 0.499 e. The summed E-state index contributed by atoms with van der Waals surface area (Å²) in [5, 5.41) is 8.27. The van der Waals surface area contributed by atoms with Crippen molar-refractivity contribution >= 4 is 17.7 Å². The molecule has 18 heavy (non-hydrogen) atoms. The molecule has 0 unspecified atom stereocenters. The van der Waals surface area contributed by atoms with Crippen LogP contribution in [0.2, 0.25) is 0 Å². The molecule has 0 atom stereocenters. The molecule has 0 aromatic heterocycles. The second-order valence-corrected chi connectivity index (χ2v) is 3.10. The van der Waals surface area contributed by atoms with Gasteiger partial charge in [0.25, 0.3) is 0 Å². The second-order valence-electron chi connectivity index (χ2n) is 3.10. The molecule has 0 spiro atoms. The minimum absolute atomic E-state index is 0.0498. The van der Waals surface area contributed by atoms with Crippen molar-refractivity contribution in [2.24, 2.45) is 0 Å². The summed E-state index contributed by atoms with van der Waals surface area (Å²) < 4.78 is 14.5. The number of hydrogen-bond donors (Lipinski definition) is 1. The first-order chi connectivity index (χ1) is 8.57. The highest BCUT2D eigenvalue weighted by atomic mass is 16.6. The van der Waals surface area contributed by atoms with E-state index in [2.05, 4.69) is 6.58 Å². The molecule has 0 fully saturated rings. The van der Waals surface area contributed by atoms with E-state index in [4.69, 9.17) is 19.3 Å². The van der Waals surface area contributed by atoms with Crippen LogP contribution in [0.25, 0.3) is 0 Å². The lowest BCUT2D eigenvalue weighted by Gasteiger charge is -2.05. The molecule has 0 aliphatic carbocycles. The molecule has 102 valence electrons. The highest BCUT2D eigenvalue weighted by Crippen LogP contribution is 1.95. The molecule has 0 aliphatic heterocycles. The van der Waals surface area contributed by atoms with Crippen LogP contribution in [0.5, 0.6) is 0 Å². The number of aliphatic carboxylic acids is 1. The fourth-order valence-electron chi connectivity index (χ4n) is 0.902. The van der Waals surface area contributed by atoms with Gasteiger partial charge in [-0.3, -0.25) is 9.59 Å². The average Bonchev–Trinajstić information content (AvgIpc) is 2.34. The molecule has 0 aliphatic rings. The Hall–Kier alpha value is -1.89. The van der Waals surface area contributed by atoms with Crippen LogP contribution in [0.4, 0.5) is 0 Å². The Balaban J connectivity index is 3.40. The summed E-state index contributed by atoms with van der Waals surface area (Å²) in [7, 11) is 0. The zero-order chi connectivity index (χ0) is 13.8. The van der Waals surface area contributed by atoms with Gasteiger partial charge in [-0.05, 0) is 0 Å². The van der Waals surface area contributed by atoms with Crippen molar-refractivity contribution in [1.82, 2.24) is 0 Å². The Labute approximate surface area is 104 Å². The lowest BCUT2D eigenvalue weighted by molar-refractivity contribution is -0.151. The lowest BCUT2D eigenvalue weighted by atomic mass is 10.2. The van der Waals surface area contributed by atoms with Gasteiger partial charge in [-0.25, -0.2) is 4.79 Å². The molecule has 0 saturated heterocycles. The van der Waals surface area contributed by atoms with Crippen molar-refractivity contribution in [3.63, 3.8) is 0 Å². The van der Waals surface area contributed by atoms with Gasteiger partial charge < -0.3 is 19.3 Å². The third-order valence-electron chi connectivity index (χ3n) is 1.75. The van der Waals surface area contributed by atoms with E-state index in [1.807, 2.05) is 0 Å². The van der Waals surface area contributed by atoms with E-state index in [0.717, 1.165) is 0 Å². The minimum Gasteiger partial charge on any atom is -0.499 e. The van der Waals surface area contributed by atoms with Crippen LogP contribution in [-0.4, -0.2) is 49.3 Å². The van der Waals surface area contributed by atoms with E-state index in [1.54, 1.807) is 0 Å². The fourth-order valence-corrected chi connectivity index (χ4v) is 0.902. The monoisotopic (exact) mass is 260 g/mol. The maximum absolute atomic E-state index is 11.0. The Morgan fingerprint density at radius 3 is 2.33 bits per heavy atom. The number of rotatable bonds is 11. The van der Waals surface area contributed by atoms with Gasteiger partial charge in [0.15, 0.2) is 0 Å². The summed E-state index contributed by atoms with van der Waals surface area (Å²) in [6.45, 7) is 4.32. The first-order valence-corrected chi connectivity index (χ1v) is 5.30. The van der Waals surface area contributed by atoms with Gasteiger partial charge in [-0.2, -0.15) is 0 Å². The lowest BCUT2D eigenvalue weighted by Crippen LogP contribution is -2.16. The van der Waals surface area contributed by atoms with Gasteiger partial charge >= 0.3 is 11.9 Å². The molecule has 0 bridgehead atoms. The number of carboxylic acid groups (broad SMARTS) is 1. The molecule has 1 N–H and O–H groups in total. The Morgan fingerprint density at radius 2 is 1.72 bits per heavy atom. The Bertz CT molecular complexity index is 298. The van der Waals surface area contributed by atoms with Crippen LogP contribution in [-0.2, 0) is 28.6 Å². The third-order valence-corrected chi connectivity index (χ3v) is 1.75. The topological polar surface area (TPSA) is 99.1 Å². The maximum Gasteiger partial charge on any atom is 0.372 e. The van der Waals surface area contributed by atoms with Crippen LogP contribution in [0.3, 0.4) is 0 Å². The van der Waals surface area contributed by atoms with E-state index < -0.39 is 17.7 Å². The summed E-state index contributed by atoms with van der Waals surface area (Å²) >= 11 is 0. The van der Waals surface area contributed by atoms with Gasteiger partial charge in [0.05, 0.1) is 25.9 Å². The van der Waals surface area contributed by atoms with Crippen LogP contribution < -0.4 is 0 Å². The number of hydrogen-bond acceptors (Lipinski definition) is 6. The SMILES string of the molecule is C=COCCOCCOC(=O)CCC(=O)C(=O)O. The first kappa shape index (κ1) is 16.1. The molecular formula is C11H16O7. The van der Waals surface area contributed by atoms with Crippen molar-refractivity contribution in [2.75, 3.05) is 26.4 Å². The number of carbonyl (C=O) groups excluding carboxylic acids is 2. The molecule has 0 aromatic carbocycles. The van der Waals surface area contributed by atoms with Crippen molar-refractivity contribution in [3.05, 3.63) is 12.8 Å². The average molecular weight is 260 g/mol. The van der Waals surface area contributed by atoms with E-state index in [1.165, 1.54) is 6.26 Å². The predicted molar refractivity (Wildman–Crippen MR) is 59.8 cm³/mol. The highest BCUT2D eigenvalue weighted by molar-refractivity contribution is 6.32. The summed E-state index contributed by atoms with van der Waals surface area (Å²) in [6, 6.07) is 0. The minimum atomic E-state index is -1.55. The third kappa shape index (κ3) is 9.34. The predicted octanol–water partition coefficient (Wildman–Crippen LogP) is 0.140. The number of esters is 1. The molecule has 0 rings (SSSR count). The summed E-state index contributed by atoms with van der Waals surface area (Å²) in [5.41, 5.74) is 0. The summed E-state index contributed by atoms with van der Waals surface area (Å²) in [4.78, 5) is 31.9. The standard InChI is InChI=1S/C11H16O7/c1-2-16-5-6-17-7-8-18-10(13)4-3-9(12)11(14)15/h2H,1,3-8H2,(H,14,15). The molecule has 0 saturated carbocycles. The van der Waals surface area contributed by atoms with Gasteiger partial charge in [0.2, 0.25) is 5.78 Å².